The van der Waals surface area contributed by atoms with Crippen LogP contribution in [-0.2, 0) is 6.42 Å². The van der Waals surface area contributed by atoms with Crippen LogP contribution < -0.4 is 20.5 Å². The van der Waals surface area contributed by atoms with Crippen LogP contribution in [0.3, 0.4) is 0 Å². The summed E-state index contributed by atoms with van der Waals surface area (Å²) in [5.41, 5.74) is 10.4. The van der Waals surface area contributed by atoms with Gasteiger partial charge in [-0.25, -0.2) is 0 Å². The second kappa shape index (κ2) is 8.97. The van der Waals surface area contributed by atoms with E-state index in [0.29, 0.717) is 12.5 Å². The Bertz CT molecular complexity index is 721. The summed E-state index contributed by atoms with van der Waals surface area (Å²) in [4.78, 5) is 4.40. The molecule has 0 unspecified atom stereocenters. The molecule has 0 amide bonds. The fourth-order valence-corrected chi connectivity index (χ4v) is 2.78. The first kappa shape index (κ1) is 18.6. The Morgan fingerprint density at radius 2 is 1.76 bits per heavy atom. The largest absolute Gasteiger partial charge is 0.497 e. The molecule has 0 heterocycles. The van der Waals surface area contributed by atoms with Gasteiger partial charge in [-0.2, -0.15) is 0 Å². The summed E-state index contributed by atoms with van der Waals surface area (Å²) in [6.45, 7) is 4.77. The van der Waals surface area contributed by atoms with Gasteiger partial charge in [0.05, 0.1) is 14.2 Å². The smallest absolute Gasteiger partial charge is 0.193 e. The van der Waals surface area contributed by atoms with Gasteiger partial charge in [-0.15, -0.1) is 0 Å². The molecule has 25 heavy (non-hydrogen) atoms. The Labute approximate surface area is 149 Å². The van der Waals surface area contributed by atoms with E-state index in [0.717, 1.165) is 35.6 Å². The van der Waals surface area contributed by atoms with E-state index in [1.54, 1.807) is 14.2 Å². The van der Waals surface area contributed by atoms with Crippen LogP contribution in [0.5, 0.6) is 11.5 Å². The van der Waals surface area contributed by atoms with Crippen LogP contribution in [0.25, 0.3) is 0 Å². The van der Waals surface area contributed by atoms with Gasteiger partial charge >= 0.3 is 0 Å². The molecule has 5 heteroatoms. The topological polar surface area (TPSA) is 68.9 Å². The highest BCUT2D eigenvalue weighted by Crippen LogP contribution is 2.25. The van der Waals surface area contributed by atoms with Crippen molar-refractivity contribution in [3.05, 3.63) is 53.1 Å². The Morgan fingerprint density at radius 3 is 2.40 bits per heavy atom. The number of hydrogen-bond acceptors (Lipinski definition) is 3. The van der Waals surface area contributed by atoms with Crippen molar-refractivity contribution in [2.75, 3.05) is 26.1 Å². The number of nitrogens with two attached hydrogens (primary N) is 1. The summed E-state index contributed by atoms with van der Waals surface area (Å²) >= 11 is 0. The Kier molecular flexibility index (Phi) is 6.69. The number of anilines is 1. The molecule has 134 valence electrons. The number of benzene rings is 2. The number of methoxy groups -OCH3 is 2. The number of guanidine groups is 1. The monoisotopic (exact) mass is 341 g/mol. The lowest BCUT2D eigenvalue weighted by Gasteiger charge is -2.10. The fourth-order valence-electron chi connectivity index (χ4n) is 2.78. The van der Waals surface area contributed by atoms with E-state index in [1.165, 1.54) is 11.1 Å². The summed E-state index contributed by atoms with van der Waals surface area (Å²) in [5, 5.41) is 3.15. The van der Waals surface area contributed by atoms with Gasteiger partial charge in [-0.05, 0) is 73.7 Å². The van der Waals surface area contributed by atoms with Crippen LogP contribution in [0.2, 0.25) is 0 Å². The van der Waals surface area contributed by atoms with E-state index in [-0.39, 0.29) is 0 Å². The van der Waals surface area contributed by atoms with Crippen molar-refractivity contribution in [2.45, 2.75) is 26.7 Å². The van der Waals surface area contributed by atoms with Crippen LogP contribution in [0, 0.1) is 13.8 Å². The maximum Gasteiger partial charge on any atom is 0.193 e. The zero-order chi connectivity index (χ0) is 18.2. The van der Waals surface area contributed by atoms with E-state index in [1.807, 2.05) is 18.2 Å². The number of aliphatic imine (C=N–C) groups is 1. The van der Waals surface area contributed by atoms with Crippen LogP contribution in [0.15, 0.2) is 41.4 Å². The first-order valence-electron chi connectivity index (χ1n) is 8.38. The second-order valence-electron chi connectivity index (χ2n) is 6.05. The molecule has 2 aromatic carbocycles. The minimum absolute atomic E-state index is 0.433. The van der Waals surface area contributed by atoms with Gasteiger partial charge in [0.15, 0.2) is 5.96 Å². The van der Waals surface area contributed by atoms with Gasteiger partial charge in [-0.3, -0.25) is 4.99 Å². The fraction of sp³-hybridized carbons (Fsp3) is 0.350. The number of ether oxygens (including phenoxy) is 2. The molecule has 0 atom stereocenters. The highest BCUT2D eigenvalue weighted by atomic mass is 16.5. The van der Waals surface area contributed by atoms with E-state index in [4.69, 9.17) is 15.2 Å². The van der Waals surface area contributed by atoms with Crippen molar-refractivity contribution >= 4 is 11.6 Å². The minimum atomic E-state index is 0.433. The predicted molar refractivity (Wildman–Crippen MR) is 104 cm³/mol. The van der Waals surface area contributed by atoms with E-state index in [2.05, 4.69) is 42.4 Å². The minimum Gasteiger partial charge on any atom is -0.497 e. The molecule has 5 nitrogen and oxygen atoms in total. The number of rotatable bonds is 7. The molecule has 0 bridgehead atoms. The molecule has 0 aliphatic carbocycles. The van der Waals surface area contributed by atoms with Crippen molar-refractivity contribution in [1.82, 2.24) is 0 Å². The third kappa shape index (κ3) is 5.71. The molecule has 0 saturated heterocycles. The lowest BCUT2D eigenvalue weighted by molar-refractivity contribution is 0.398. The Hall–Kier alpha value is -2.69. The lowest BCUT2D eigenvalue weighted by atomic mass is 10.1. The number of hydrogen-bond donors (Lipinski definition) is 2. The van der Waals surface area contributed by atoms with Gasteiger partial charge in [0.1, 0.15) is 11.5 Å². The average Bonchev–Trinajstić information content (AvgIpc) is 2.57. The van der Waals surface area contributed by atoms with Crippen molar-refractivity contribution in [3.8, 4) is 11.5 Å². The predicted octanol–water partition coefficient (Wildman–Crippen LogP) is 3.68. The summed E-state index contributed by atoms with van der Waals surface area (Å²) in [5.74, 6) is 2.13. The molecule has 0 fully saturated rings. The Balaban J connectivity index is 1.90. The van der Waals surface area contributed by atoms with Crippen molar-refractivity contribution in [1.29, 1.82) is 0 Å². The third-order valence-electron chi connectivity index (χ3n) is 3.87. The average molecular weight is 341 g/mol. The molecule has 3 N–H and O–H groups in total. The van der Waals surface area contributed by atoms with Crippen molar-refractivity contribution in [2.24, 2.45) is 10.7 Å². The van der Waals surface area contributed by atoms with Crippen LogP contribution in [0.1, 0.15) is 23.1 Å². The number of aryl methyl sites for hydroxylation is 3. The maximum absolute atomic E-state index is 5.98. The molecule has 0 aliphatic rings. The summed E-state index contributed by atoms with van der Waals surface area (Å²) in [6, 6.07) is 12.0. The first-order chi connectivity index (χ1) is 12.0. The molecule has 2 aromatic rings. The first-order valence-corrected chi connectivity index (χ1v) is 8.38. The quantitative estimate of drug-likeness (QED) is 0.458. The van der Waals surface area contributed by atoms with Crippen molar-refractivity contribution < 1.29 is 9.47 Å². The SMILES string of the molecule is COc1ccc(OC)c(CCCN=C(N)Nc2cc(C)cc(C)c2)c1. The summed E-state index contributed by atoms with van der Waals surface area (Å²) in [6.07, 6.45) is 1.72. The number of nitrogens with zero attached hydrogens (tertiary/aromatic N) is 1. The van der Waals surface area contributed by atoms with Gasteiger partial charge in [-0.1, -0.05) is 6.07 Å². The number of nitrogens with one attached hydrogen (secondary N) is 1. The summed E-state index contributed by atoms with van der Waals surface area (Å²) in [7, 11) is 3.34. The molecular formula is C20H27N3O2. The normalized spacial score (nSPS) is 11.3. The molecule has 2 rings (SSSR count). The standard InChI is InChI=1S/C20H27N3O2/c1-14-10-15(2)12-17(11-14)23-20(21)22-9-5-6-16-13-18(24-3)7-8-19(16)25-4/h7-8,10-13H,5-6,9H2,1-4H3,(H3,21,22,23). The molecule has 0 radical (unpaired) electrons. The van der Waals surface area contributed by atoms with E-state index >= 15 is 0 Å². The molecule has 0 spiro atoms. The van der Waals surface area contributed by atoms with Crippen LogP contribution >= 0.6 is 0 Å². The molecule has 0 aromatic heterocycles. The second-order valence-corrected chi connectivity index (χ2v) is 6.05. The zero-order valence-corrected chi connectivity index (χ0v) is 15.4. The van der Waals surface area contributed by atoms with Gasteiger partial charge < -0.3 is 20.5 Å². The zero-order valence-electron chi connectivity index (χ0n) is 15.4. The van der Waals surface area contributed by atoms with Gasteiger partial charge in [0.2, 0.25) is 0 Å². The van der Waals surface area contributed by atoms with Gasteiger partial charge in [0.25, 0.3) is 0 Å². The molecule has 0 saturated carbocycles. The van der Waals surface area contributed by atoms with Gasteiger partial charge in [0, 0.05) is 12.2 Å². The summed E-state index contributed by atoms with van der Waals surface area (Å²) < 4.78 is 10.7. The van der Waals surface area contributed by atoms with Crippen LogP contribution in [-0.4, -0.2) is 26.7 Å². The molecule has 0 aliphatic heterocycles. The highest BCUT2D eigenvalue weighted by molar-refractivity contribution is 5.92. The van der Waals surface area contributed by atoms with Crippen LogP contribution in [0.4, 0.5) is 5.69 Å². The van der Waals surface area contributed by atoms with Crippen molar-refractivity contribution in [3.63, 3.8) is 0 Å². The van der Waals surface area contributed by atoms with E-state index in [9.17, 15) is 0 Å². The van der Waals surface area contributed by atoms with E-state index < -0.39 is 0 Å². The lowest BCUT2D eigenvalue weighted by Crippen LogP contribution is -2.23. The Morgan fingerprint density at radius 1 is 1.04 bits per heavy atom. The third-order valence-corrected chi connectivity index (χ3v) is 3.87. The molecular weight excluding hydrogens is 314 g/mol. The maximum atomic E-state index is 5.98. The highest BCUT2D eigenvalue weighted by Gasteiger charge is 2.05.